The highest BCUT2D eigenvalue weighted by atomic mass is 16.5. The predicted octanol–water partition coefficient (Wildman–Crippen LogP) is 4.58. The van der Waals surface area contributed by atoms with Crippen molar-refractivity contribution in [2.75, 3.05) is 7.11 Å². The van der Waals surface area contributed by atoms with Crippen molar-refractivity contribution in [3.05, 3.63) is 100 Å². The Kier molecular flexibility index (Phi) is 6.27. The van der Waals surface area contributed by atoms with Crippen molar-refractivity contribution in [1.29, 1.82) is 0 Å². The molecule has 168 valence electrons. The van der Waals surface area contributed by atoms with Crippen LogP contribution in [-0.4, -0.2) is 33.8 Å². The molecule has 2 aromatic carbocycles. The molecule has 1 aliphatic heterocycles. The van der Waals surface area contributed by atoms with Crippen molar-refractivity contribution in [1.82, 2.24) is 9.88 Å². The minimum absolute atomic E-state index is 0.0846. The maximum absolute atomic E-state index is 13.2. The third-order valence-electron chi connectivity index (χ3n) is 6.01. The number of aliphatic hydroxyl groups excluding tert-OH is 1. The molecule has 1 atom stereocenters. The van der Waals surface area contributed by atoms with Gasteiger partial charge in [-0.3, -0.25) is 14.6 Å². The Hall–Kier alpha value is -3.93. The average molecular weight is 443 g/mol. The number of carbonyl (C=O) groups excluding carboxylic acids is 2. The number of pyridine rings is 1. The number of benzene rings is 2. The first kappa shape index (κ1) is 22.3. The van der Waals surface area contributed by atoms with Crippen LogP contribution >= 0.6 is 0 Å². The van der Waals surface area contributed by atoms with E-state index in [0.29, 0.717) is 11.3 Å². The van der Waals surface area contributed by atoms with Crippen LogP contribution in [0.15, 0.2) is 72.6 Å². The number of ketones is 1. The van der Waals surface area contributed by atoms with Gasteiger partial charge in [0.05, 0.1) is 18.7 Å². The highest BCUT2D eigenvalue weighted by molar-refractivity contribution is 6.46. The van der Waals surface area contributed by atoms with Gasteiger partial charge in [0.25, 0.3) is 11.7 Å². The highest BCUT2D eigenvalue weighted by Crippen LogP contribution is 2.41. The molecule has 0 saturated carbocycles. The van der Waals surface area contributed by atoms with Crippen LogP contribution in [0.1, 0.15) is 40.8 Å². The Morgan fingerprint density at radius 1 is 1.09 bits per heavy atom. The van der Waals surface area contributed by atoms with Crippen molar-refractivity contribution in [2.45, 2.75) is 32.9 Å². The molecule has 0 radical (unpaired) electrons. The lowest BCUT2D eigenvalue weighted by molar-refractivity contribution is -0.140. The van der Waals surface area contributed by atoms with E-state index < -0.39 is 17.7 Å². The Morgan fingerprint density at radius 3 is 2.45 bits per heavy atom. The number of aryl methyl sites for hydroxylation is 2. The molecule has 1 fully saturated rings. The molecule has 0 spiro atoms. The lowest BCUT2D eigenvalue weighted by Gasteiger charge is -2.25. The minimum Gasteiger partial charge on any atom is -0.507 e. The Labute approximate surface area is 193 Å². The molecule has 1 aliphatic rings. The summed E-state index contributed by atoms with van der Waals surface area (Å²) >= 11 is 0. The van der Waals surface area contributed by atoms with Gasteiger partial charge in [0.1, 0.15) is 11.5 Å². The summed E-state index contributed by atoms with van der Waals surface area (Å²) in [6.45, 7) is 4.10. The summed E-state index contributed by atoms with van der Waals surface area (Å²) in [6, 6.07) is 15.9. The van der Waals surface area contributed by atoms with Gasteiger partial charge in [0, 0.05) is 24.5 Å². The second-order valence-electron chi connectivity index (χ2n) is 8.06. The summed E-state index contributed by atoms with van der Waals surface area (Å²) in [5.41, 5.74) is 4.03. The SMILES string of the molecule is CCc1ccc([C@@H]2C(=C(O)c3ccc(OC)cc3C)C(=O)C(=O)N2Cc2cccnc2)cc1. The molecule has 0 unspecified atom stereocenters. The number of aromatic nitrogens is 1. The normalized spacial score (nSPS) is 17.4. The van der Waals surface area contributed by atoms with E-state index in [2.05, 4.69) is 11.9 Å². The number of carbonyl (C=O) groups is 2. The quantitative estimate of drug-likeness (QED) is 0.343. The van der Waals surface area contributed by atoms with Gasteiger partial charge in [0.2, 0.25) is 0 Å². The van der Waals surface area contributed by atoms with Crippen LogP contribution in [0.4, 0.5) is 0 Å². The van der Waals surface area contributed by atoms with E-state index in [1.807, 2.05) is 37.3 Å². The van der Waals surface area contributed by atoms with E-state index in [-0.39, 0.29) is 17.9 Å². The fourth-order valence-electron chi connectivity index (χ4n) is 4.19. The molecule has 33 heavy (non-hydrogen) atoms. The number of hydrogen-bond acceptors (Lipinski definition) is 5. The van der Waals surface area contributed by atoms with Crippen LogP contribution in [0.5, 0.6) is 5.75 Å². The molecule has 0 bridgehead atoms. The first-order chi connectivity index (χ1) is 15.9. The monoisotopic (exact) mass is 442 g/mol. The summed E-state index contributed by atoms with van der Waals surface area (Å²) in [5, 5.41) is 11.3. The van der Waals surface area contributed by atoms with Gasteiger partial charge in [-0.05, 0) is 59.9 Å². The Balaban J connectivity index is 1.87. The summed E-state index contributed by atoms with van der Waals surface area (Å²) < 4.78 is 5.26. The largest absolute Gasteiger partial charge is 0.507 e. The van der Waals surface area contributed by atoms with Crippen LogP contribution in [0, 0.1) is 6.92 Å². The molecular weight excluding hydrogens is 416 g/mol. The van der Waals surface area contributed by atoms with Crippen molar-refractivity contribution in [2.24, 2.45) is 0 Å². The second kappa shape index (κ2) is 9.28. The van der Waals surface area contributed by atoms with E-state index in [1.54, 1.807) is 43.8 Å². The number of amides is 1. The summed E-state index contributed by atoms with van der Waals surface area (Å²) in [6.07, 6.45) is 4.20. The topological polar surface area (TPSA) is 79.7 Å². The smallest absolute Gasteiger partial charge is 0.295 e. The molecule has 1 saturated heterocycles. The molecule has 6 heteroatoms. The number of methoxy groups -OCH3 is 1. The number of likely N-dealkylation sites (tertiary alicyclic amines) is 1. The van der Waals surface area contributed by atoms with Crippen molar-refractivity contribution >= 4 is 17.4 Å². The third kappa shape index (κ3) is 4.24. The minimum atomic E-state index is -0.711. The van der Waals surface area contributed by atoms with Crippen LogP contribution < -0.4 is 4.74 Å². The molecule has 0 aliphatic carbocycles. The standard InChI is InChI=1S/C27H26N2O4/c1-4-18-7-9-20(10-8-18)24-23(25(30)22-12-11-21(33-3)14-17(22)2)26(31)27(32)29(24)16-19-6-5-13-28-15-19/h5-15,24,30H,4,16H2,1-3H3/t24-/m1/s1. The fourth-order valence-corrected chi connectivity index (χ4v) is 4.19. The van der Waals surface area contributed by atoms with E-state index in [1.165, 1.54) is 4.90 Å². The summed E-state index contributed by atoms with van der Waals surface area (Å²) in [4.78, 5) is 32.0. The lowest BCUT2D eigenvalue weighted by Crippen LogP contribution is -2.29. The lowest BCUT2D eigenvalue weighted by atomic mass is 9.93. The number of Topliss-reactive ketones (excluding diaryl/α,β-unsaturated/α-hetero) is 1. The zero-order chi connectivity index (χ0) is 23.5. The summed E-state index contributed by atoms with van der Waals surface area (Å²) in [7, 11) is 1.57. The number of ether oxygens (including phenoxy) is 1. The van der Waals surface area contributed by atoms with Gasteiger partial charge in [-0.15, -0.1) is 0 Å². The Bertz CT molecular complexity index is 1220. The van der Waals surface area contributed by atoms with E-state index in [0.717, 1.165) is 28.7 Å². The van der Waals surface area contributed by atoms with Gasteiger partial charge in [-0.25, -0.2) is 0 Å². The maximum Gasteiger partial charge on any atom is 0.295 e. The molecule has 2 heterocycles. The van der Waals surface area contributed by atoms with E-state index in [9.17, 15) is 14.7 Å². The fraction of sp³-hybridized carbons (Fsp3) is 0.222. The van der Waals surface area contributed by atoms with Crippen molar-refractivity contribution in [3.8, 4) is 5.75 Å². The molecule has 1 aromatic heterocycles. The molecule has 4 rings (SSSR count). The number of aliphatic hydroxyl groups is 1. The highest BCUT2D eigenvalue weighted by Gasteiger charge is 2.46. The maximum atomic E-state index is 13.2. The van der Waals surface area contributed by atoms with Gasteiger partial charge >= 0.3 is 0 Å². The molecule has 6 nitrogen and oxygen atoms in total. The number of rotatable bonds is 6. The Morgan fingerprint density at radius 2 is 1.85 bits per heavy atom. The van der Waals surface area contributed by atoms with E-state index in [4.69, 9.17) is 4.74 Å². The van der Waals surface area contributed by atoms with Gasteiger partial charge in [-0.2, -0.15) is 0 Å². The predicted molar refractivity (Wildman–Crippen MR) is 126 cm³/mol. The number of hydrogen-bond donors (Lipinski definition) is 1. The third-order valence-corrected chi connectivity index (χ3v) is 6.01. The van der Waals surface area contributed by atoms with Gasteiger partial charge < -0.3 is 14.7 Å². The first-order valence-electron chi connectivity index (χ1n) is 10.9. The average Bonchev–Trinajstić information content (AvgIpc) is 3.09. The van der Waals surface area contributed by atoms with Crippen LogP contribution in [0.2, 0.25) is 0 Å². The van der Waals surface area contributed by atoms with Crippen LogP contribution in [0.25, 0.3) is 5.76 Å². The zero-order valence-corrected chi connectivity index (χ0v) is 18.9. The zero-order valence-electron chi connectivity index (χ0n) is 18.9. The molecular formula is C27H26N2O4. The number of nitrogens with zero attached hydrogens (tertiary/aromatic N) is 2. The second-order valence-corrected chi connectivity index (χ2v) is 8.06. The van der Waals surface area contributed by atoms with Crippen molar-refractivity contribution in [3.63, 3.8) is 0 Å². The van der Waals surface area contributed by atoms with E-state index >= 15 is 0 Å². The first-order valence-corrected chi connectivity index (χ1v) is 10.9. The van der Waals surface area contributed by atoms with Crippen LogP contribution in [-0.2, 0) is 22.6 Å². The molecule has 1 amide bonds. The van der Waals surface area contributed by atoms with Gasteiger partial charge in [0.15, 0.2) is 0 Å². The molecule has 3 aromatic rings. The summed E-state index contributed by atoms with van der Waals surface area (Å²) in [5.74, 6) is -0.883. The van der Waals surface area contributed by atoms with Gasteiger partial charge in [-0.1, -0.05) is 37.3 Å². The molecule has 1 N–H and O–H groups in total. The van der Waals surface area contributed by atoms with Crippen LogP contribution in [0.3, 0.4) is 0 Å². The van der Waals surface area contributed by atoms with Crippen molar-refractivity contribution < 1.29 is 19.4 Å².